The fourth-order valence-electron chi connectivity index (χ4n) is 1.98. The van der Waals surface area contributed by atoms with Gasteiger partial charge in [0.2, 0.25) is 0 Å². The molecule has 2 heterocycles. The summed E-state index contributed by atoms with van der Waals surface area (Å²) in [4.78, 5) is 13.1. The molecule has 2 aliphatic heterocycles. The van der Waals surface area contributed by atoms with Gasteiger partial charge in [-0.3, -0.25) is 4.90 Å². The number of amides is 2. The van der Waals surface area contributed by atoms with Crippen molar-refractivity contribution < 1.29 is 23.0 Å². The van der Waals surface area contributed by atoms with Gasteiger partial charge in [0, 0.05) is 24.8 Å². The van der Waals surface area contributed by atoms with Gasteiger partial charge in [-0.2, -0.15) is 0 Å². The molecule has 96 valence electrons. The Kier molecular flexibility index (Phi) is 2.29. The zero-order valence-electron chi connectivity index (χ0n) is 9.28. The Balaban J connectivity index is 1.90. The van der Waals surface area contributed by atoms with Crippen molar-refractivity contribution in [3.63, 3.8) is 0 Å². The summed E-state index contributed by atoms with van der Waals surface area (Å²) >= 11 is 0. The lowest BCUT2D eigenvalue weighted by Crippen LogP contribution is -2.46. The molecule has 2 aliphatic rings. The van der Waals surface area contributed by atoms with Gasteiger partial charge in [0.15, 0.2) is 11.5 Å². The summed E-state index contributed by atoms with van der Waals surface area (Å²) in [7, 11) is 0. The highest BCUT2D eigenvalue weighted by Gasteiger charge is 2.43. The lowest BCUT2D eigenvalue weighted by Gasteiger charge is -2.27. The van der Waals surface area contributed by atoms with Gasteiger partial charge in [0.25, 0.3) is 0 Å². The molecule has 0 atom stereocenters. The van der Waals surface area contributed by atoms with Crippen molar-refractivity contribution in [3.8, 4) is 11.5 Å². The molecule has 3 rings (SSSR count). The molecular formula is C11H10F2N2O3. The summed E-state index contributed by atoms with van der Waals surface area (Å²) in [6, 6.07) is 4.05. The number of nitrogens with zero attached hydrogens (tertiary/aromatic N) is 1. The van der Waals surface area contributed by atoms with Crippen LogP contribution in [0.25, 0.3) is 0 Å². The highest BCUT2D eigenvalue weighted by Crippen LogP contribution is 2.42. The van der Waals surface area contributed by atoms with E-state index in [-0.39, 0.29) is 17.5 Å². The van der Waals surface area contributed by atoms with E-state index in [2.05, 4.69) is 14.8 Å². The summed E-state index contributed by atoms with van der Waals surface area (Å²) < 4.78 is 34.3. The second-order valence-corrected chi connectivity index (χ2v) is 4.04. The zero-order valence-corrected chi connectivity index (χ0v) is 9.28. The molecule has 1 aromatic carbocycles. The fraction of sp³-hybridized carbons (Fsp3) is 0.364. The molecule has 5 nitrogen and oxygen atoms in total. The molecule has 0 aromatic heterocycles. The minimum absolute atomic E-state index is 0.0267. The molecule has 0 unspecified atom stereocenters. The Hall–Kier alpha value is -2.05. The van der Waals surface area contributed by atoms with Gasteiger partial charge < -0.3 is 14.8 Å². The number of benzene rings is 1. The van der Waals surface area contributed by atoms with Gasteiger partial charge in [-0.1, -0.05) is 0 Å². The van der Waals surface area contributed by atoms with E-state index in [0.717, 1.165) is 6.42 Å². The third kappa shape index (κ3) is 1.81. The molecule has 18 heavy (non-hydrogen) atoms. The second kappa shape index (κ2) is 3.72. The van der Waals surface area contributed by atoms with Gasteiger partial charge in [-0.15, -0.1) is 8.78 Å². The van der Waals surface area contributed by atoms with Crippen LogP contribution < -0.4 is 19.7 Å². The zero-order chi connectivity index (χ0) is 12.8. The van der Waals surface area contributed by atoms with Crippen molar-refractivity contribution in [3.05, 3.63) is 18.2 Å². The number of rotatable bonds is 1. The van der Waals surface area contributed by atoms with Crippen LogP contribution in [0.4, 0.5) is 19.3 Å². The quantitative estimate of drug-likeness (QED) is 0.835. The number of urea groups is 1. The lowest BCUT2D eigenvalue weighted by atomic mass is 10.2. The highest BCUT2D eigenvalue weighted by molar-refractivity contribution is 5.93. The van der Waals surface area contributed by atoms with Gasteiger partial charge in [-0.25, -0.2) is 4.79 Å². The first-order valence-corrected chi connectivity index (χ1v) is 5.50. The fourth-order valence-corrected chi connectivity index (χ4v) is 1.98. The summed E-state index contributed by atoms with van der Waals surface area (Å²) in [6.45, 7) is 1.17. The highest BCUT2D eigenvalue weighted by atomic mass is 19.3. The number of carbonyl (C=O) groups excluding carboxylic acids is 1. The average molecular weight is 256 g/mol. The number of carbonyl (C=O) groups is 1. The van der Waals surface area contributed by atoms with E-state index < -0.39 is 6.29 Å². The molecule has 0 radical (unpaired) electrons. The Morgan fingerprint density at radius 3 is 2.83 bits per heavy atom. The van der Waals surface area contributed by atoms with Gasteiger partial charge in [-0.05, 0) is 18.6 Å². The SMILES string of the molecule is O=C1NCCCN1c1ccc2c(c1)OC(F)(F)O2. The maximum Gasteiger partial charge on any atom is 0.586 e. The van der Waals surface area contributed by atoms with Crippen LogP contribution in [0.3, 0.4) is 0 Å². The molecule has 0 aliphatic carbocycles. The van der Waals surface area contributed by atoms with E-state index in [9.17, 15) is 13.6 Å². The molecule has 7 heteroatoms. The lowest BCUT2D eigenvalue weighted by molar-refractivity contribution is -0.286. The Morgan fingerprint density at radius 1 is 1.28 bits per heavy atom. The number of nitrogens with one attached hydrogen (secondary N) is 1. The first-order chi connectivity index (χ1) is 8.55. The predicted octanol–water partition coefficient (Wildman–Crippen LogP) is 1.93. The third-order valence-electron chi connectivity index (χ3n) is 2.78. The molecule has 1 saturated heterocycles. The Bertz CT molecular complexity index is 507. The first kappa shape index (κ1) is 11.1. The van der Waals surface area contributed by atoms with Crippen molar-refractivity contribution >= 4 is 11.7 Å². The van der Waals surface area contributed by atoms with Crippen LogP contribution in [0.15, 0.2) is 18.2 Å². The topological polar surface area (TPSA) is 50.8 Å². The van der Waals surface area contributed by atoms with Gasteiger partial charge in [0.1, 0.15) is 0 Å². The van der Waals surface area contributed by atoms with Crippen molar-refractivity contribution in [2.24, 2.45) is 0 Å². The van der Waals surface area contributed by atoms with Crippen LogP contribution in [0.5, 0.6) is 11.5 Å². The second-order valence-electron chi connectivity index (χ2n) is 4.04. The minimum atomic E-state index is -3.63. The van der Waals surface area contributed by atoms with Gasteiger partial charge >= 0.3 is 12.3 Å². The van der Waals surface area contributed by atoms with Crippen LogP contribution in [0, 0.1) is 0 Å². The number of hydrogen-bond acceptors (Lipinski definition) is 3. The van der Waals surface area contributed by atoms with Crippen LogP contribution in [0.2, 0.25) is 0 Å². The number of alkyl halides is 2. The molecular weight excluding hydrogens is 246 g/mol. The minimum Gasteiger partial charge on any atom is -0.395 e. The van der Waals surface area contributed by atoms with Crippen LogP contribution >= 0.6 is 0 Å². The van der Waals surface area contributed by atoms with E-state index in [4.69, 9.17) is 0 Å². The van der Waals surface area contributed by atoms with E-state index >= 15 is 0 Å². The maximum atomic E-state index is 12.9. The van der Waals surface area contributed by atoms with Crippen molar-refractivity contribution in [1.29, 1.82) is 0 Å². The average Bonchev–Trinajstić information content (AvgIpc) is 2.62. The van der Waals surface area contributed by atoms with Crippen LogP contribution in [0.1, 0.15) is 6.42 Å². The van der Waals surface area contributed by atoms with E-state index in [0.29, 0.717) is 18.8 Å². The van der Waals surface area contributed by atoms with Crippen molar-refractivity contribution in [2.75, 3.05) is 18.0 Å². The predicted molar refractivity (Wildman–Crippen MR) is 58.0 cm³/mol. The molecule has 1 N–H and O–H groups in total. The third-order valence-corrected chi connectivity index (χ3v) is 2.78. The molecule has 1 fully saturated rings. The molecule has 0 bridgehead atoms. The summed E-state index contributed by atoms with van der Waals surface area (Å²) in [5.74, 6) is -0.0861. The summed E-state index contributed by atoms with van der Waals surface area (Å²) in [5.41, 5.74) is 0.507. The number of fused-ring (bicyclic) bond motifs is 1. The largest absolute Gasteiger partial charge is 0.586 e. The summed E-state index contributed by atoms with van der Waals surface area (Å²) in [6.07, 6.45) is -2.83. The van der Waals surface area contributed by atoms with E-state index in [1.54, 1.807) is 6.07 Å². The molecule has 0 saturated carbocycles. The van der Waals surface area contributed by atoms with E-state index in [1.807, 2.05) is 0 Å². The number of anilines is 1. The summed E-state index contributed by atoms with van der Waals surface area (Å²) in [5, 5.41) is 2.68. The van der Waals surface area contributed by atoms with E-state index in [1.165, 1.54) is 17.0 Å². The number of halogens is 2. The smallest absolute Gasteiger partial charge is 0.395 e. The van der Waals surface area contributed by atoms with Crippen molar-refractivity contribution in [2.45, 2.75) is 12.7 Å². The van der Waals surface area contributed by atoms with Gasteiger partial charge in [0.05, 0.1) is 0 Å². The maximum absolute atomic E-state index is 12.9. The monoisotopic (exact) mass is 256 g/mol. The standard InChI is InChI=1S/C11H10F2N2O3/c12-11(13)17-8-3-2-7(6-9(8)18-11)15-5-1-4-14-10(15)16/h2-3,6H,1,4-5H2,(H,14,16). The molecule has 2 amide bonds. The number of ether oxygens (including phenoxy) is 2. The van der Waals surface area contributed by atoms with Crippen LogP contribution in [-0.4, -0.2) is 25.4 Å². The molecule has 1 aromatic rings. The number of hydrogen-bond donors (Lipinski definition) is 1. The molecule has 0 spiro atoms. The Labute approximate surface area is 101 Å². The first-order valence-electron chi connectivity index (χ1n) is 5.50. The van der Waals surface area contributed by atoms with Crippen molar-refractivity contribution in [1.82, 2.24) is 5.32 Å². The normalized spacial score (nSPS) is 20.8. The Morgan fingerprint density at radius 2 is 2.06 bits per heavy atom. The van der Waals surface area contributed by atoms with Crippen LogP contribution in [-0.2, 0) is 0 Å².